The van der Waals surface area contributed by atoms with E-state index in [1.54, 1.807) is 0 Å². The van der Waals surface area contributed by atoms with E-state index in [9.17, 15) is 0 Å². The van der Waals surface area contributed by atoms with Crippen molar-refractivity contribution in [3.8, 4) is 0 Å². The van der Waals surface area contributed by atoms with Crippen LogP contribution in [0, 0.1) is 11.8 Å². The molecule has 2 aliphatic rings. The highest BCUT2D eigenvalue weighted by Gasteiger charge is 2.52. The molecule has 0 bridgehead atoms. The van der Waals surface area contributed by atoms with E-state index >= 15 is 0 Å². The van der Waals surface area contributed by atoms with E-state index in [-0.39, 0.29) is 6.10 Å². The molecule has 1 heteroatoms. The van der Waals surface area contributed by atoms with Gasteiger partial charge in [0, 0.05) is 0 Å². The summed E-state index contributed by atoms with van der Waals surface area (Å²) in [6, 6.07) is 0. The van der Waals surface area contributed by atoms with Crippen LogP contribution >= 0.6 is 0 Å². The minimum Gasteiger partial charge on any atom is -0.393 e. The summed E-state index contributed by atoms with van der Waals surface area (Å²) >= 11 is 0. The van der Waals surface area contributed by atoms with Crippen molar-refractivity contribution >= 4 is 0 Å². The van der Waals surface area contributed by atoms with E-state index in [4.69, 9.17) is 5.11 Å². The predicted molar refractivity (Wildman–Crippen MR) is 22.2 cm³/mol. The van der Waals surface area contributed by atoms with Crippen LogP contribution < -0.4 is 0 Å². The van der Waals surface area contributed by atoms with Gasteiger partial charge in [-0.3, -0.25) is 0 Å². The molecule has 0 radical (unpaired) electrons. The van der Waals surface area contributed by atoms with Crippen molar-refractivity contribution in [3.63, 3.8) is 0 Å². The van der Waals surface area contributed by atoms with Crippen LogP contribution in [0.15, 0.2) is 0 Å². The lowest BCUT2D eigenvalue weighted by Crippen LogP contribution is -2.20. The molecule has 0 aromatic rings. The summed E-state index contributed by atoms with van der Waals surface area (Å²) in [5, 5.41) is 8.76. The molecular formula is C5H8O. The molecule has 0 spiro atoms. The lowest BCUT2D eigenvalue weighted by atomic mass is 9.97. The van der Waals surface area contributed by atoms with Gasteiger partial charge in [-0.2, -0.15) is 0 Å². The molecule has 0 heterocycles. The third kappa shape index (κ3) is 0.178. The normalized spacial score (nSPS) is 62.5. The molecule has 0 aromatic heterocycles. The van der Waals surface area contributed by atoms with Gasteiger partial charge in [0.05, 0.1) is 6.10 Å². The van der Waals surface area contributed by atoms with Gasteiger partial charge in [-0.25, -0.2) is 0 Å². The van der Waals surface area contributed by atoms with Crippen LogP contribution in [0.4, 0.5) is 0 Å². The molecule has 2 fully saturated rings. The molecule has 3 atom stereocenters. The molecule has 2 aliphatic carbocycles. The number of rotatable bonds is 0. The summed E-state index contributed by atoms with van der Waals surface area (Å²) in [5.74, 6) is 1.71. The summed E-state index contributed by atoms with van der Waals surface area (Å²) in [5.41, 5.74) is 0. The van der Waals surface area contributed by atoms with Gasteiger partial charge in [-0.05, 0) is 24.7 Å². The Balaban J connectivity index is 2.08. The molecule has 0 amide bonds. The van der Waals surface area contributed by atoms with Gasteiger partial charge in [0.1, 0.15) is 0 Å². The fraction of sp³-hybridized carbons (Fsp3) is 1.00. The van der Waals surface area contributed by atoms with Crippen LogP contribution in [0.1, 0.15) is 12.8 Å². The quantitative estimate of drug-likeness (QED) is 0.450. The van der Waals surface area contributed by atoms with Gasteiger partial charge < -0.3 is 5.11 Å². The van der Waals surface area contributed by atoms with E-state index < -0.39 is 0 Å². The highest BCUT2D eigenvalue weighted by molar-refractivity contribution is 5.02. The number of fused-ring (bicyclic) bond motifs is 1. The standard InChI is InChI=1S/C5H8O/c6-5-2-3-1-4(3)5/h3-6H,1-2H2. The van der Waals surface area contributed by atoms with Gasteiger partial charge >= 0.3 is 0 Å². The largest absolute Gasteiger partial charge is 0.393 e. The summed E-state index contributed by atoms with van der Waals surface area (Å²) in [7, 11) is 0. The fourth-order valence-electron chi connectivity index (χ4n) is 1.30. The Morgan fingerprint density at radius 3 is 2.17 bits per heavy atom. The molecule has 2 rings (SSSR count). The highest BCUT2D eigenvalue weighted by Crippen LogP contribution is 2.55. The smallest absolute Gasteiger partial charge is 0.0573 e. The zero-order chi connectivity index (χ0) is 4.15. The van der Waals surface area contributed by atoms with Crippen molar-refractivity contribution in [2.24, 2.45) is 11.8 Å². The van der Waals surface area contributed by atoms with Gasteiger partial charge in [0.2, 0.25) is 0 Å². The molecule has 6 heavy (non-hydrogen) atoms. The highest BCUT2D eigenvalue weighted by atomic mass is 16.3. The lowest BCUT2D eigenvalue weighted by molar-refractivity contribution is 0.0808. The van der Waals surface area contributed by atoms with E-state index in [1.165, 1.54) is 6.42 Å². The number of hydrogen-bond donors (Lipinski definition) is 1. The van der Waals surface area contributed by atoms with Crippen LogP contribution in [0.5, 0.6) is 0 Å². The fourth-order valence-corrected chi connectivity index (χ4v) is 1.30. The van der Waals surface area contributed by atoms with Crippen LogP contribution in [-0.4, -0.2) is 11.2 Å². The maximum absolute atomic E-state index is 8.76. The van der Waals surface area contributed by atoms with Crippen LogP contribution in [0.2, 0.25) is 0 Å². The zero-order valence-corrected chi connectivity index (χ0v) is 3.59. The Labute approximate surface area is 37.0 Å². The average molecular weight is 84.1 g/mol. The summed E-state index contributed by atoms with van der Waals surface area (Å²) in [6.45, 7) is 0. The first kappa shape index (κ1) is 3.03. The monoisotopic (exact) mass is 84.1 g/mol. The zero-order valence-electron chi connectivity index (χ0n) is 3.59. The molecule has 1 nitrogen and oxygen atoms in total. The molecule has 0 saturated heterocycles. The molecule has 1 N–H and O–H groups in total. The SMILES string of the molecule is OC1CC2CC12. The Kier molecular flexibility index (Phi) is 0.327. The average Bonchev–Trinajstić information content (AvgIpc) is 2.12. The van der Waals surface area contributed by atoms with E-state index in [1.807, 2.05) is 0 Å². The first-order chi connectivity index (χ1) is 2.88. The predicted octanol–water partition coefficient (Wildman–Crippen LogP) is 0.387. The Morgan fingerprint density at radius 1 is 1.33 bits per heavy atom. The topological polar surface area (TPSA) is 20.2 Å². The van der Waals surface area contributed by atoms with Crippen molar-refractivity contribution < 1.29 is 5.11 Å². The minimum atomic E-state index is 0.106. The first-order valence-electron chi connectivity index (χ1n) is 2.56. The second-order valence-corrected chi connectivity index (χ2v) is 2.46. The summed E-state index contributed by atoms with van der Waals surface area (Å²) in [6.07, 6.45) is 2.53. The third-order valence-corrected chi connectivity index (χ3v) is 2.02. The van der Waals surface area contributed by atoms with Crippen LogP contribution in [-0.2, 0) is 0 Å². The molecule has 0 aromatic carbocycles. The van der Waals surface area contributed by atoms with Crippen molar-refractivity contribution in [3.05, 3.63) is 0 Å². The second-order valence-electron chi connectivity index (χ2n) is 2.46. The number of hydrogen-bond acceptors (Lipinski definition) is 1. The van der Waals surface area contributed by atoms with Gasteiger partial charge in [0.25, 0.3) is 0 Å². The van der Waals surface area contributed by atoms with Crippen molar-refractivity contribution in [2.75, 3.05) is 0 Å². The van der Waals surface area contributed by atoms with Crippen molar-refractivity contribution in [1.29, 1.82) is 0 Å². The van der Waals surface area contributed by atoms with Gasteiger partial charge in [-0.1, -0.05) is 0 Å². The Hall–Kier alpha value is -0.0400. The Morgan fingerprint density at radius 2 is 2.17 bits per heavy atom. The molecule has 3 unspecified atom stereocenters. The molecule has 34 valence electrons. The lowest BCUT2D eigenvalue weighted by Gasteiger charge is -2.16. The number of aliphatic hydroxyl groups is 1. The number of aliphatic hydroxyl groups excluding tert-OH is 1. The van der Waals surface area contributed by atoms with Crippen molar-refractivity contribution in [2.45, 2.75) is 18.9 Å². The summed E-state index contributed by atoms with van der Waals surface area (Å²) < 4.78 is 0. The van der Waals surface area contributed by atoms with Crippen LogP contribution in [0.3, 0.4) is 0 Å². The first-order valence-corrected chi connectivity index (χ1v) is 2.56. The van der Waals surface area contributed by atoms with Gasteiger partial charge in [-0.15, -0.1) is 0 Å². The van der Waals surface area contributed by atoms with Gasteiger partial charge in [0.15, 0.2) is 0 Å². The second kappa shape index (κ2) is 0.648. The van der Waals surface area contributed by atoms with E-state index in [0.717, 1.165) is 18.3 Å². The summed E-state index contributed by atoms with van der Waals surface area (Å²) in [4.78, 5) is 0. The minimum absolute atomic E-state index is 0.106. The van der Waals surface area contributed by atoms with E-state index in [0.29, 0.717) is 0 Å². The van der Waals surface area contributed by atoms with Crippen molar-refractivity contribution in [1.82, 2.24) is 0 Å². The molecule has 0 aliphatic heterocycles. The third-order valence-electron chi connectivity index (χ3n) is 2.02. The van der Waals surface area contributed by atoms with Crippen LogP contribution in [0.25, 0.3) is 0 Å². The molecular weight excluding hydrogens is 76.1 g/mol. The maximum atomic E-state index is 8.76. The Bertz CT molecular complexity index is 80.0. The van der Waals surface area contributed by atoms with E-state index in [2.05, 4.69) is 0 Å². The maximum Gasteiger partial charge on any atom is 0.0573 e. The molecule has 2 saturated carbocycles.